The average molecular weight is 532 g/mol. The molecule has 4 heterocycles. The van der Waals surface area contributed by atoms with Gasteiger partial charge in [-0.15, -0.1) is 0 Å². The van der Waals surface area contributed by atoms with Crippen molar-refractivity contribution < 1.29 is 14.2 Å². The van der Waals surface area contributed by atoms with Gasteiger partial charge in [-0.3, -0.25) is 4.90 Å². The molecule has 1 fully saturated rings. The Balaban J connectivity index is 1.20. The predicted molar refractivity (Wildman–Crippen MR) is 137 cm³/mol. The van der Waals surface area contributed by atoms with Gasteiger partial charge in [0.25, 0.3) is 0 Å². The molecular formula is C28H26BrN3O3. The van der Waals surface area contributed by atoms with Crippen molar-refractivity contribution in [1.82, 2.24) is 9.91 Å². The van der Waals surface area contributed by atoms with Crippen molar-refractivity contribution in [3.63, 3.8) is 0 Å². The van der Waals surface area contributed by atoms with E-state index in [1.54, 1.807) is 0 Å². The summed E-state index contributed by atoms with van der Waals surface area (Å²) < 4.78 is 19.0. The van der Waals surface area contributed by atoms with Gasteiger partial charge in [-0.25, -0.2) is 5.01 Å². The Morgan fingerprint density at radius 3 is 2.57 bits per heavy atom. The summed E-state index contributed by atoms with van der Waals surface area (Å²) in [5.41, 5.74) is 4.26. The first-order valence-electron chi connectivity index (χ1n) is 12.2. The molecule has 6 nitrogen and oxygen atoms in total. The van der Waals surface area contributed by atoms with Crippen LogP contribution in [0.4, 0.5) is 0 Å². The Labute approximate surface area is 213 Å². The molecule has 7 heteroatoms. The summed E-state index contributed by atoms with van der Waals surface area (Å²) in [5, 5.41) is 7.48. The Kier molecular flexibility index (Phi) is 5.03. The minimum atomic E-state index is -0.434. The molecule has 3 aromatic carbocycles. The Bertz CT molecular complexity index is 1300. The van der Waals surface area contributed by atoms with Crippen molar-refractivity contribution >= 4 is 21.6 Å². The van der Waals surface area contributed by atoms with E-state index in [0.717, 1.165) is 71.9 Å². The summed E-state index contributed by atoms with van der Waals surface area (Å²) in [4.78, 5) is 2.52. The number of fused-ring (bicyclic) bond motifs is 5. The van der Waals surface area contributed by atoms with Gasteiger partial charge in [0.15, 0.2) is 11.5 Å². The molecule has 0 radical (unpaired) electrons. The van der Waals surface area contributed by atoms with Crippen LogP contribution in [0.1, 0.15) is 42.0 Å². The molecule has 0 bridgehead atoms. The Morgan fingerprint density at radius 2 is 1.71 bits per heavy atom. The molecule has 0 amide bonds. The van der Waals surface area contributed by atoms with Crippen molar-refractivity contribution in [2.75, 3.05) is 19.9 Å². The molecule has 35 heavy (non-hydrogen) atoms. The molecule has 4 aliphatic heterocycles. The molecule has 1 saturated heterocycles. The topological polar surface area (TPSA) is 46.5 Å². The highest BCUT2D eigenvalue weighted by atomic mass is 79.9. The van der Waals surface area contributed by atoms with Crippen LogP contribution in [0.15, 0.2) is 76.3 Å². The van der Waals surface area contributed by atoms with Gasteiger partial charge in [0.1, 0.15) is 5.75 Å². The van der Waals surface area contributed by atoms with E-state index in [4.69, 9.17) is 19.3 Å². The highest BCUT2D eigenvalue weighted by Gasteiger charge is 2.51. The zero-order valence-electron chi connectivity index (χ0n) is 19.3. The van der Waals surface area contributed by atoms with E-state index in [1.165, 1.54) is 11.1 Å². The molecular weight excluding hydrogens is 506 g/mol. The molecule has 7 rings (SSSR count). The number of nitrogens with zero attached hydrogens (tertiary/aromatic N) is 3. The second kappa shape index (κ2) is 8.28. The highest BCUT2D eigenvalue weighted by Crippen LogP contribution is 2.51. The van der Waals surface area contributed by atoms with E-state index in [0.29, 0.717) is 0 Å². The maximum absolute atomic E-state index is 6.81. The molecule has 1 unspecified atom stereocenters. The van der Waals surface area contributed by atoms with Crippen LogP contribution in [0.3, 0.4) is 0 Å². The summed E-state index contributed by atoms with van der Waals surface area (Å²) in [6.07, 6.45) is 2.65. The van der Waals surface area contributed by atoms with Gasteiger partial charge in [0.2, 0.25) is 12.5 Å². The summed E-state index contributed by atoms with van der Waals surface area (Å²) in [6, 6.07) is 23.3. The first kappa shape index (κ1) is 21.3. The lowest BCUT2D eigenvalue weighted by molar-refractivity contribution is -0.150. The summed E-state index contributed by atoms with van der Waals surface area (Å²) in [5.74, 6) is 2.57. The number of likely N-dealkylation sites (tertiary alicyclic amines) is 1. The average Bonchev–Trinajstić information content (AvgIpc) is 3.54. The standard InChI is InChI=1S/C28H26BrN3O3/c29-21-7-9-25-22(15-21)24-16-23(20-6-8-26-27(14-20)34-18-33-26)30-32(24)28(35-25)10-12-31(13-11-28)17-19-4-2-1-3-5-19/h1-9,14-15,24H,10-13,16-18H2. The second-order valence-electron chi connectivity index (χ2n) is 9.67. The van der Waals surface area contributed by atoms with Gasteiger partial charge in [0.05, 0.1) is 11.8 Å². The lowest BCUT2D eigenvalue weighted by Gasteiger charge is -2.51. The van der Waals surface area contributed by atoms with E-state index < -0.39 is 5.72 Å². The minimum absolute atomic E-state index is 0.150. The normalized spacial score (nSPS) is 21.9. The first-order valence-corrected chi connectivity index (χ1v) is 13.0. The quantitative estimate of drug-likeness (QED) is 0.433. The molecule has 0 aliphatic carbocycles. The third-order valence-corrected chi connectivity index (χ3v) is 8.04. The fraction of sp³-hybridized carbons (Fsp3) is 0.321. The van der Waals surface area contributed by atoms with Crippen LogP contribution in [-0.4, -0.2) is 41.2 Å². The zero-order valence-corrected chi connectivity index (χ0v) is 20.9. The van der Waals surface area contributed by atoms with E-state index >= 15 is 0 Å². The van der Waals surface area contributed by atoms with Crippen molar-refractivity contribution in [2.24, 2.45) is 5.10 Å². The number of piperidine rings is 1. The summed E-state index contributed by atoms with van der Waals surface area (Å²) in [7, 11) is 0. The second-order valence-corrected chi connectivity index (χ2v) is 10.6. The molecule has 3 aromatic rings. The molecule has 0 N–H and O–H groups in total. The van der Waals surface area contributed by atoms with Crippen LogP contribution in [0.25, 0.3) is 0 Å². The number of rotatable bonds is 3. The lowest BCUT2D eigenvalue weighted by atomic mass is 9.90. The number of hydrogen-bond donors (Lipinski definition) is 0. The fourth-order valence-corrected chi connectivity index (χ4v) is 6.11. The van der Waals surface area contributed by atoms with Gasteiger partial charge in [-0.1, -0.05) is 46.3 Å². The SMILES string of the molecule is Brc1ccc2c(c1)C1CC(c3ccc4c(c3)OCO4)=NN1C1(CCN(Cc3ccccc3)CC1)O2. The first-order chi connectivity index (χ1) is 17.2. The third kappa shape index (κ3) is 3.69. The van der Waals surface area contributed by atoms with Crippen molar-refractivity contribution in [3.05, 3.63) is 87.9 Å². The monoisotopic (exact) mass is 531 g/mol. The number of benzene rings is 3. The van der Waals surface area contributed by atoms with Crippen molar-refractivity contribution in [2.45, 2.75) is 37.6 Å². The number of halogens is 1. The van der Waals surface area contributed by atoms with Gasteiger partial charge in [-0.2, -0.15) is 5.10 Å². The molecule has 0 aromatic heterocycles. The highest BCUT2D eigenvalue weighted by molar-refractivity contribution is 9.10. The van der Waals surface area contributed by atoms with Gasteiger partial charge < -0.3 is 14.2 Å². The van der Waals surface area contributed by atoms with Gasteiger partial charge in [-0.05, 0) is 42.0 Å². The summed E-state index contributed by atoms with van der Waals surface area (Å²) >= 11 is 3.66. The van der Waals surface area contributed by atoms with Crippen molar-refractivity contribution in [1.29, 1.82) is 0 Å². The van der Waals surface area contributed by atoms with Gasteiger partial charge in [0, 0.05) is 54.5 Å². The van der Waals surface area contributed by atoms with Crippen molar-refractivity contribution in [3.8, 4) is 17.2 Å². The van der Waals surface area contributed by atoms with Crippen LogP contribution in [0.5, 0.6) is 17.2 Å². The molecule has 0 saturated carbocycles. The fourth-order valence-electron chi connectivity index (χ4n) is 5.74. The summed E-state index contributed by atoms with van der Waals surface area (Å²) in [6.45, 7) is 3.19. The van der Waals surface area contributed by atoms with E-state index in [9.17, 15) is 0 Å². The maximum Gasteiger partial charge on any atom is 0.231 e. The van der Waals surface area contributed by atoms with E-state index in [1.807, 2.05) is 6.07 Å². The maximum atomic E-state index is 6.81. The van der Waals surface area contributed by atoms with E-state index in [2.05, 4.69) is 86.5 Å². The number of hydrazone groups is 1. The minimum Gasteiger partial charge on any atom is -0.466 e. The largest absolute Gasteiger partial charge is 0.466 e. The molecule has 178 valence electrons. The Morgan fingerprint density at radius 1 is 0.914 bits per heavy atom. The van der Waals surface area contributed by atoms with Crippen LogP contribution < -0.4 is 14.2 Å². The molecule has 1 spiro atoms. The third-order valence-electron chi connectivity index (χ3n) is 7.55. The van der Waals surface area contributed by atoms with Crippen LogP contribution >= 0.6 is 15.9 Å². The van der Waals surface area contributed by atoms with Crippen LogP contribution in [0, 0.1) is 0 Å². The van der Waals surface area contributed by atoms with E-state index in [-0.39, 0.29) is 12.8 Å². The molecule has 1 atom stereocenters. The van der Waals surface area contributed by atoms with Crippen LogP contribution in [0.2, 0.25) is 0 Å². The predicted octanol–water partition coefficient (Wildman–Crippen LogP) is 5.71. The molecule has 4 aliphatic rings. The van der Waals surface area contributed by atoms with Crippen LogP contribution in [-0.2, 0) is 6.54 Å². The Hall–Kier alpha value is -3.03. The number of hydrogen-bond acceptors (Lipinski definition) is 6. The lowest BCUT2D eigenvalue weighted by Crippen LogP contribution is -2.59. The van der Waals surface area contributed by atoms with Gasteiger partial charge >= 0.3 is 0 Å². The zero-order chi connectivity index (χ0) is 23.4. The smallest absolute Gasteiger partial charge is 0.231 e. The number of ether oxygens (including phenoxy) is 3.